The molecule has 4 heteroatoms. The average Bonchev–Trinajstić information content (AvgIpc) is 2.75. The van der Waals surface area contributed by atoms with Crippen LogP contribution in [-0.4, -0.2) is 23.6 Å². The van der Waals surface area contributed by atoms with E-state index in [1.165, 1.54) is 43.2 Å². The maximum absolute atomic E-state index is 4.72. The number of aromatic nitrogens is 1. The van der Waals surface area contributed by atoms with Crippen molar-refractivity contribution in [2.45, 2.75) is 52.1 Å². The van der Waals surface area contributed by atoms with E-state index in [0.29, 0.717) is 0 Å². The van der Waals surface area contributed by atoms with Gasteiger partial charge in [-0.25, -0.2) is 4.98 Å². The summed E-state index contributed by atoms with van der Waals surface area (Å²) in [6.45, 7) is 9.79. The van der Waals surface area contributed by atoms with E-state index in [1.54, 1.807) is 11.3 Å². The molecule has 0 unspecified atom stereocenters. The summed E-state index contributed by atoms with van der Waals surface area (Å²) < 4.78 is 0. The standard InChI is InChI=1S/C13H23N3S/c1-13(2,3)14-9-11-10-17-12(15-11)16-7-5-4-6-8-16/h10,14H,4-9H2,1-3H3. The minimum Gasteiger partial charge on any atom is -0.348 e. The zero-order valence-electron chi connectivity index (χ0n) is 11.1. The normalized spacial score (nSPS) is 17.5. The fourth-order valence-corrected chi connectivity index (χ4v) is 2.84. The van der Waals surface area contributed by atoms with E-state index >= 15 is 0 Å². The lowest BCUT2D eigenvalue weighted by molar-refractivity contribution is 0.422. The molecule has 0 saturated carbocycles. The topological polar surface area (TPSA) is 28.2 Å². The maximum atomic E-state index is 4.72. The molecule has 0 atom stereocenters. The predicted octanol–water partition coefficient (Wildman–Crippen LogP) is 3.02. The van der Waals surface area contributed by atoms with Crippen molar-refractivity contribution < 1.29 is 0 Å². The fourth-order valence-electron chi connectivity index (χ4n) is 1.96. The van der Waals surface area contributed by atoms with Crippen LogP contribution in [0.2, 0.25) is 0 Å². The van der Waals surface area contributed by atoms with Crippen LogP contribution in [0.3, 0.4) is 0 Å². The fraction of sp³-hybridized carbons (Fsp3) is 0.769. The molecule has 0 radical (unpaired) electrons. The van der Waals surface area contributed by atoms with E-state index in [-0.39, 0.29) is 5.54 Å². The van der Waals surface area contributed by atoms with Crippen LogP contribution in [0.1, 0.15) is 45.7 Å². The summed E-state index contributed by atoms with van der Waals surface area (Å²) in [6, 6.07) is 0. The Morgan fingerprint density at radius 2 is 2.00 bits per heavy atom. The van der Waals surface area contributed by atoms with Gasteiger partial charge in [0, 0.05) is 30.6 Å². The second-order valence-electron chi connectivity index (χ2n) is 5.77. The van der Waals surface area contributed by atoms with Gasteiger partial charge in [0.1, 0.15) is 0 Å². The van der Waals surface area contributed by atoms with Gasteiger partial charge in [-0.3, -0.25) is 0 Å². The van der Waals surface area contributed by atoms with Crippen LogP contribution < -0.4 is 10.2 Å². The molecule has 1 N–H and O–H groups in total. The van der Waals surface area contributed by atoms with Crippen LogP contribution >= 0.6 is 11.3 Å². The summed E-state index contributed by atoms with van der Waals surface area (Å²) in [5.41, 5.74) is 1.33. The SMILES string of the molecule is CC(C)(C)NCc1csc(N2CCCCC2)n1. The molecule has 1 aromatic heterocycles. The van der Waals surface area contributed by atoms with Gasteiger partial charge in [0.05, 0.1) is 5.69 Å². The summed E-state index contributed by atoms with van der Waals surface area (Å²) in [6.07, 6.45) is 4.00. The first-order valence-electron chi connectivity index (χ1n) is 6.49. The Balaban J connectivity index is 1.91. The van der Waals surface area contributed by atoms with Crippen molar-refractivity contribution in [2.24, 2.45) is 0 Å². The third kappa shape index (κ3) is 3.96. The van der Waals surface area contributed by atoms with Crippen LogP contribution in [0.15, 0.2) is 5.38 Å². The molecule has 0 amide bonds. The van der Waals surface area contributed by atoms with Gasteiger partial charge in [0.15, 0.2) is 5.13 Å². The van der Waals surface area contributed by atoms with Crippen molar-refractivity contribution in [2.75, 3.05) is 18.0 Å². The molecule has 0 aromatic carbocycles. The first kappa shape index (κ1) is 12.8. The lowest BCUT2D eigenvalue weighted by Crippen LogP contribution is -2.35. The van der Waals surface area contributed by atoms with Crippen LogP contribution in [0.4, 0.5) is 5.13 Å². The Kier molecular flexibility index (Phi) is 4.05. The molecule has 2 rings (SSSR count). The lowest BCUT2D eigenvalue weighted by atomic mass is 10.1. The second kappa shape index (κ2) is 5.36. The molecule has 2 heterocycles. The van der Waals surface area contributed by atoms with Crippen LogP contribution in [0, 0.1) is 0 Å². The summed E-state index contributed by atoms with van der Waals surface area (Å²) >= 11 is 1.78. The van der Waals surface area contributed by atoms with Gasteiger partial charge < -0.3 is 10.2 Å². The molecule has 1 fully saturated rings. The second-order valence-corrected chi connectivity index (χ2v) is 6.61. The first-order chi connectivity index (χ1) is 8.04. The molecule has 3 nitrogen and oxygen atoms in total. The number of nitrogens with one attached hydrogen (secondary N) is 1. The van der Waals surface area contributed by atoms with Gasteiger partial charge in [0.25, 0.3) is 0 Å². The molecule has 1 aromatic rings. The monoisotopic (exact) mass is 253 g/mol. The molecular weight excluding hydrogens is 230 g/mol. The van der Waals surface area contributed by atoms with Gasteiger partial charge in [-0.05, 0) is 40.0 Å². The molecule has 1 aliphatic heterocycles. The zero-order valence-corrected chi connectivity index (χ0v) is 11.9. The summed E-state index contributed by atoms with van der Waals surface area (Å²) in [5.74, 6) is 0. The third-order valence-corrected chi connectivity index (χ3v) is 3.92. The maximum Gasteiger partial charge on any atom is 0.185 e. The van der Waals surface area contributed by atoms with Crippen LogP contribution in [0.25, 0.3) is 0 Å². The summed E-state index contributed by atoms with van der Waals surface area (Å²) in [5, 5.41) is 6.87. The molecule has 17 heavy (non-hydrogen) atoms. The van der Waals surface area contributed by atoms with Gasteiger partial charge in [0.2, 0.25) is 0 Å². The number of hydrogen-bond acceptors (Lipinski definition) is 4. The van der Waals surface area contributed by atoms with Crippen LogP contribution in [-0.2, 0) is 6.54 Å². The minimum atomic E-state index is 0.162. The average molecular weight is 253 g/mol. The van der Waals surface area contributed by atoms with E-state index < -0.39 is 0 Å². The number of thiazole rings is 1. The summed E-state index contributed by atoms with van der Waals surface area (Å²) in [4.78, 5) is 7.14. The highest BCUT2D eigenvalue weighted by Crippen LogP contribution is 2.24. The summed E-state index contributed by atoms with van der Waals surface area (Å²) in [7, 11) is 0. The predicted molar refractivity (Wildman–Crippen MR) is 74.8 cm³/mol. The smallest absolute Gasteiger partial charge is 0.185 e. The van der Waals surface area contributed by atoms with Crippen molar-refractivity contribution >= 4 is 16.5 Å². The molecule has 96 valence electrons. The molecule has 0 bridgehead atoms. The van der Waals surface area contributed by atoms with Crippen LogP contribution in [0.5, 0.6) is 0 Å². The van der Waals surface area contributed by atoms with E-state index in [0.717, 1.165) is 6.54 Å². The highest BCUT2D eigenvalue weighted by Gasteiger charge is 2.15. The van der Waals surface area contributed by atoms with Crippen molar-refractivity contribution in [1.29, 1.82) is 0 Å². The molecule has 0 spiro atoms. The molecule has 1 aliphatic rings. The van der Waals surface area contributed by atoms with E-state index in [1.807, 2.05) is 0 Å². The highest BCUT2D eigenvalue weighted by atomic mass is 32.1. The minimum absolute atomic E-state index is 0.162. The molecular formula is C13H23N3S. The van der Waals surface area contributed by atoms with Crippen molar-refractivity contribution in [3.8, 4) is 0 Å². The van der Waals surface area contributed by atoms with Gasteiger partial charge in [-0.15, -0.1) is 11.3 Å². The number of anilines is 1. The number of hydrogen-bond donors (Lipinski definition) is 1. The van der Waals surface area contributed by atoms with Gasteiger partial charge in [-0.1, -0.05) is 0 Å². The molecule has 1 saturated heterocycles. The zero-order chi connectivity index (χ0) is 12.3. The third-order valence-electron chi connectivity index (χ3n) is 2.97. The highest BCUT2D eigenvalue weighted by molar-refractivity contribution is 7.13. The number of nitrogens with zero attached hydrogens (tertiary/aromatic N) is 2. The number of piperidine rings is 1. The quantitative estimate of drug-likeness (QED) is 0.897. The Bertz CT molecular complexity index is 348. The lowest BCUT2D eigenvalue weighted by Gasteiger charge is -2.25. The Morgan fingerprint density at radius 1 is 1.29 bits per heavy atom. The van der Waals surface area contributed by atoms with Gasteiger partial charge in [-0.2, -0.15) is 0 Å². The van der Waals surface area contributed by atoms with E-state index in [4.69, 9.17) is 4.98 Å². The number of rotatable bonds is 3. The molecule has 0 aliphatic carbocycles. The van der Waals surface area contributed by atoms with Crippen molar-refractivity contribution in [1.82, 2.24) is 10.3 Å². The van der Waals surface area contributed by atoms with Crippen molar-refractivity contribution in [3.63, 3.8) is 0 Å². The van der Waals surface area contributed by atoms with E-state index in [2.05, 4.69) is 36.4 Å². The first-order valence-corrected chi connectivity index (χ1v) is 7.37. The van der Waals surface area contributed by atoms with E-state index in [9.17, 15) is 0 Å². The largest absolute Gasteiger partial charge is 0.348 e. The van der Waals surface area contributed by atoms with Crippen molar-refractivity contribution in [3.05, 3.63) is 11.1 Å². The Morgan fingerprint density at radius 3 is 2.65 bits per heavy atom. The van der Waals surface area contributed by atoms with Gasteiger partial charge >= 0.3 is 0 Å². The Labute approximate surface area is 108 Å². The Hall–Kier alpha value is -0.610.